The quantitative estimate of drug-likeness (QED) is 0.305. The third kappa shape index (κ3) is 7.04. The van der Waals surface area contributed by atoms with Crippen LogP contribution in [0.25, 0.3) is 11.8 Å². The summed E-state index contributed by atoms with van der Waals surface area (Å²) in [4.78, 5) is 40.1. The van der Waals surface area contributed by atoms with Crippen LogP contribution in [0.5, 0.6) is 0 Å². The molecule has 2 amide bonds. The summed E-state index contributed by atoms with van der Waals surface area (Å²) in [5.41, 5.74) is 0.616. The average Bonchev–Trinajstić information content (AvgIpc) is 3.52. The van der Waals surface area contributed by atoms with Crippen molar-refractivity contribution in [1.29, 1.82) is 5.26 Å². The standard InChI is InChI=1S/C25H32N6O4S/c1-2-31-24(35)21(36-25(31)20(16-26)23(34)28-10-14-32)17-29-19-8-5-7-18(15-19)22(33)27-9-6-13-30-11-3-4-12-30/h5,7-8,15,17,29,32H,2-4,6,9-14H2,1H3,(H,27,33)(H,28,34)/b21-17+,25-20-. The Morgan fingerprint density at radius 2 is 2.00 bits per heavy atom. The third-order valence-corrected chi connectivity index (χ3v) is 6.93. The van der Waals surface area contributed by atoms with E-state index in [1.807, 2.05) is 6.07 Å². The number of rotatable bonds is 11. The molecule has 1 aliphatic rings. The van der Waals surface area contributed by atoms with Crippen molar-refractivity contribution in [2.24, 2.45) is 0 Å². The van der Waals surface area contributed by atoms with Gasteiger partial charge in [-0.25, -0.2) is 0 Å². The molecule has 11 heteroatoms. The first-order chi connectivity index (χ1) is 17.5. The van der Waals surface area contributed by atoms with E-state index in [1.165, 1.54) is 23.6 Å². The van der Waals surface area contributed by atoms with E-state index in [0.29, 0.717) is 22.3 Å². The van der Waals surface area contributed by atoms with Gasteiger partial charge in [-0.05, 0) is 64.0 Å². The van der Waals surface area contributed by atoms with Gasteiger partial charge in [0.05, 0.1) is 6.61 Å². The lowest BCUT2D eigenvalue weighted by Gasteiger charge is -2.14. The van der Waals surface area contributed by atoms with Crippen molar-refractivity contribution in [2.45, 2.75) is 32.7 Å². The second-order valence-corrected chi connectivity index (χ2v) is 9.35. The Bertz CT molecular complexity index is 1290. The predicted molar refractivity (Wildman–Crippen MR) is 140 cm³/mol. The van der Waals surface area contributed by atoms with E-state index < -0.39 is 5.91 Å². The number of anilines is 1. The molecule has 36 heavy (non-hydrogen) atoms. The van der Waals surface area contributed by atoms with Gasteiger partial charge in [0.1, 0.15) is 15.3 Å². The third-order valence-electron chi connectivity index (χ3n) is 5.80. The van der Waals surface area contributed by atoms with Crippen LogP contribution < -0.4 is 30.7 Å². The van der Waals surface area contributed by atoms with Gasteiger partial charge in [0, 0.05) is 37.1 Å². The SMILES string of the molecule is CCn1c(=O)/c(=C\Nc2cccc(C(=O)NCCCN3CCCC3)c2)s/c1=C(/C#N)C(=O)NCCO. The van der Waals surface area contributed by atoms with E-state index in [4.69, 9.17) is 5.11 Å². The Kier molecular flexibility index (Phi) is 10.2. The molecule has 3 rings (SSSR count). The number of thiazole rings is 1. The van der Waals surface area contributed by atoms with Crippen LogP contribution in [-0.4, -0.2) is 65.7 Å². The first-order valence-electron chi connectivity index (χ1n) is 12.1. The minimum absolute atomic E-state index is 0.00858. The molecule has 10 nitrogen and oxygen atoms in total. The Hall–Kier alpha value is -3.46. The number of benzene rings is 1. The number of hydrogen-bond acceptors (Lipinski definition) is 8. The number of aliphatic hydroxyl groups excluding tert-OH is 1. The highest BCUT2D eigenvalue weighted by atomic mass is 32.1. The van der Waals surface area contributed by atoms with Gasteiger partial charge in [0.2, 0.25) is 0 Å². The van der Waals surface area contributed by atoms with E-state index in [9.17, 15) is 19.6 Å². The van der Waals surface area contributed by atoms with Crippen LogP contribution >= 0.6 is 11.3 Å². The number of likely N-dealkylation sites (tertiary alicyclic amines) is 1. The zero-order chi connectivity index (χ0) is 25.9. The van der Waals surface area contributed by atoms with Gasteiger partial charge in [-0.1, -0.05) is 6.07 Å². The molecule has 0 radical (unpaired) electrons. The van der Waals surface area contributed by atoms with Gasteiger partial charge in [-0.15, -0.1) is 11.3 Å². The topological polar surface area (TPSA) is 139 Å². The smallest absolute Gasteiger partial charge is 0.270 e. The Balaban J connectivity index is 1.73. The minimum Gasteiger partial charge on any atom is -0.395 e. The molecule has 1 aromatic carbocycles. The first-order valence-corrected chi connectivity index (χ1v) is 12.9. The number of carbonyl (C=O) groups is 2. The van der Waals surface area contributed by atoms with Crippen molar-refractivity contribution in [3.05, 3.63) is 49.4 Å². The zero-order valence-electron chi connectivity index (χ0n) is 20.4. The summed E-state index contributed by atoms with van der Waals surface area (Å²) in [6.45, 7) is 5.66. The van der Waals surface area contributed by atoms with Crippen LogP contribution in [-0.2, 0) is 11.3 Å². The van der Waals surface area contributed by atoms with Gasteiger partial charge < -0.3 is 26.0 Å². The van der Waals surface area contributed by atoms with Gasteiger partial charge in [0.15, 0.2) is 5.57 Å². The second kappa shape index (κ2) is 13.6. The van der Waals surface area contributed by atoms with Crippen LogP contribution in [0.4, 0.5) is 5.69 Å². The van der Waals surface area contributed by atoms with Crippen LogP contribution in [0.15, 0.2) is 29.1 Å². The Labute approximate surface area is 213 Å². The predicted octanol–water partition coefficient (Wildman–Crippen LogP) is -0.222. The van der Waals surface area contributed by atoms with Crippen LogP contribution in [0.2, 0.25) is 0 Å². The number of nitrogens with one attached hydrogen (secondary N) is 3. The van der Waals surface area contributed by atoms with E-state index >= 15 is 0 Å². The summed E-state index contributed by atoms with van der Waals surface area (Å²) < 4.78 is 1.92. The molecule has 1 aromatic heterocycles. The zero-order valence-corrected chi connectivity index (χ0v) is 21.2. The molecular weight excluding hydrogens is 480 g/mol. The Morgan fingerprint density at radius 1 is 1.22 bits per heavy atom. The van der Waals surface area contributed by atoms with Crippen molar-refractivity contribution in [1.82, 2.24) is 20.1 Å². The molecule has 0 spiro atoms. The molecule has 0 atom stereocenters. The molecule has 2 heterocycles. The molecule has 1 fully saturated rings. The lowest BCUT2D eigenvalue weighted by molar-refractivity contribution is -0.115. The van der Waals surface area contributed by atoms with E-state index in [0.717, 1.165) is 37.4 Å². The summed E-state index contributed by atoms with van der Waals surface area (Å²) >= 11 is 1.03. The van der Waals surface area contributed by atoms with Gasteiger partial charge in [-0.2, -0.15) is 5.26 Å². The fourth-order valence-electron chi connectivity index (χ4n) is 3.96. The summed E-state index contributed by atoms with van der Waals surface area (Å²) in [6.07, 6.45) is 4.91. The van der Waals surface area contributed by atoms with Crippen molar-refractivity contribution in [2.75, 3.05) is 44.6 Å². The summed E-state index contributed by atoms with van der Waals surface area (Å²) in [5, 5.41) is 26.9. The van der Waals surface area contributed by atoms with Crippen LogP contribution in [0.1, 0.15) is 36.5 Å². The number of nitrogens with zero attached hydrogens (tertiary/aromatic N) is 3. The van der Waals surface area contributed by atoms with Gasteiger partial charge in [0.25, 0.3) is 17.4 Å². The van der Waals surface area contributed by atoms with Crippen molar-refractivity contribution in [3.63, 3.8) is 0 Å². The van der Waals surface area contributed by atoms with E-state index in [2.05, 4.69) is 20.9 Å². The normalized spacial score (nSPS) is 14.9. The molecule has 0 unspecified atom stereocenters. The maximum atomic E-state index is 12.9. The fourth-order valence-corrected chi connectivity index (χ4v) is 5.04. The van der Waals surface area contributed by atoms with Crippen LogP contribution in [0, 0.1) is 11.3 Å². The lowest BCUT2D eigenvalue weighted by atomic mass is 10.2. The number of aromatic nitrogens is 1. The molecule has 0 saturated carbocycles. The molecule has 2 aromatic rings. The molecule has 0 aliphatic carbocycles. The number of amides is 2. The minimum atomic E-state index is -0.645. The van der Waals surface area contributed by atoms with Gasteiger partial charge >= 0.3 is 0 Å². The molecule has 1 aliphatic heterocycles. The first kappa shape index (κ1) is 27.1. The molecule has 0 bridgehead atoms. The summed E-state index contributed by atoms with van der Waals surface area (Å²) in [6, 6.07) is 8.83. The lowest BCUT2D eigenvalue weighted by Crippen LogP contribution is -2.35. The number of carbonyl (C=O) groups excluding carboxylic acids is 2. The van der Waals surface area contributed by atoms with Crippen molar-refractivity contribution < 1.29 is 14.7 Å². The average molecular weight is 513 g/mol. The van der Waals surface area contributed by atoms with Gasteiger partial charge in [-0.3, -0.25) is 19.0 Å². The molecule has 192 valence electrons. The Morgan fingerprint density at radius 3 is 2.69 bits per heavy atom. The highest BCUT2D eigenvalue weighted by Crippen LogP contribution is 2.11. The fraction of sp³-hybridized carbons (Fsp3) is 0.440. The largest absolute Gasteiger partial charge is 0.395 e. The maximum Gasteiger partial charge on any atom is 0.270 e. The number of nitriles is 1. The second-order valence-electron chi connectivity index (χ2n) is 8.31. The van der Waals surface area contributed by atoms with E-state index in [1.54, 1.807) is 31.2 Å². The maximum absolute atomic E-state index is 12.9. The molecule has 1 saturated heterocycles. The molecular formula is C25H32N6O4S. The highest BCUT2D eigenvalue weighted by Gasteiger charge is 2.15. The molecule has 4 N–H and O–H groups in total. The summed E-state index contributed by atoms with van der Waals surface area (Å²) in [5.74, 6) is -0.803. The van der Waals surface area contributed by atoms with E-state index in [-0.39, 0.29) is 41.4 Å². The number of aliphatic hydroxyl groups is 1. The van der Waals surface area contributed by atoms with Crippen LogP contribution in [0.3, 0.4) is 0 Å². The van der Waals surface area contributed by atoms with Crippen molar-refractivity contribution in [3.8, 4) is 6.07 Å². The van der Waals surface area contributed by atoms with Crippen molar-refractivity contribution >= 4 is 40.6 Å². The highest BCUT2D eigenvalue weighted by molar-refractivity contribution is 7.07. The number of hydrogen-bond donors (Lipinski definition) is 4. The summed E-state index contributed by atoms with van der Waals surface area (Å²) in [7, 11) is 0. The monoisotopic (exact) mass is 512 g/mol.